The number of hydrogen-bond donors (Lipinski definition) is 0. The summed E-state index contributed by atoms with van der Waals surface area (Å²) in [6.07, 6.45) is 0. The van der Waals surface area contributed by atoms with Crippen LogP contribution in [0.2, 0.25) is 0 Å². The number of esters is 2. The normalized spacial score (nSPS) is 11.2. The number of rotatable bonds is 8. The Bertz CT molecular complexity index is 806. The molecule has 0 aliphatic rings. The van der Waals surface area contributed by atoms with Gasteiger partial charge in [-0.3, -0.25) is 0 Å². The van der Waals surface area contributed by atoms with Gasteiger partial charge in [-0.2, -0.15) is 0 Å². The molecule has 0 spiro atoms. The van der Waals surface area contributed by atoms with E-state index in [0.717, 1.165) is 33.2 Å². The molecule has 6 heteroatoms. The molecule has 0 bridgehead atoms. The average molecular weight is 445 g/mol. The van der Waals surface area contributed by atoms with E-state index in [1.165, 1.54) is 0 Å². The third kappa shape index (κ3) is 11.1. The van der Waals surface area contributed by atoms with Crippen LogP contribution in [0.4, 0.5) is 0 Å². The van der Waals surface area contributed by atoms with E-state index in [-0.39, 0.29) is 11.9 Å². The summed E-state index contributed by atoms with van der Waals surface area (Å²) >= 11 is 0. The third-order valence-corrected chi connectivity index (χ3v) is 4.72. The van der Waals surface area contributed by atoms with E-state index in [1.807, 2.05) is 50.2 Å². The Balaban J connectivity index is 0.000000320. The summed E-state index contributed by atoms with van der Waals surface area (Å²) in [5.74, 6) is -0.460. The molecule has 2 aromatic carbocycles. The molecule has 0 saturated heterocycles. The quantitative estimate of drug-likeness (QED) is 0.460. The lowest BCUT2D eigenvalue weighted by molar-refractivity contribution is -0.870. The van der Waals surface area contributed by atoms with Crippen LogP contribution < -0.4 is 0 Å². The fourth-order valence-electron chi connectivity index (χ4n) is 2.58. The number of aryl methyl sites for hydroxylation is 2. The molecule has 0 aliphatic heterocycles. The fourth-order valence-corrected chi connectivity index (χ4v) is 2.58. The zero-order valence-electron chi connectivity index (χ0n) is 21.0. The highest BCUT2D eigenvalue weighted by molar-refractivity contribution is 5.91. The van der Waals surface area contributed by atoms with Gasteiger partial charge in [-0.1, -0.05) is 36.4 Å². The van der Waals surface area contributed by atoms with E-state index in [9.17, 15) is 9.59 Å². The molecule has 0 fully saturated rings. The molecule has 6 nitrogen and oxygen atoms in total. The topological polar surface area (TPSA) is 52.6 Å². The second-order valence-corrected chi connectivity index (χ2v) is 9.93. The number of carbonyl (C=O) groups excluding carboxylic acids is 2. The summed E-state index contributed by atoms with van der Waals surface area (Å²) in [7, 11) is 12.4. The van der Waals surface area contributed by atoms with Gasteiger partial charge < -0.3 is 18.4 Å². The summed E-state index contributed by atoms with van der Waals surface area (Å²) in [5.41, 5.74) is 3.23. The molecular weight excluding hydrogens is 404 g/mol. The second-order valence-electron chi connectivity index (χ2n) is 9.93. The van der Waals surface area contributed by atoms with Crippen molar-refractivity contribution in [1.82, 2.24) is 0 Å². The molecule has 0 unspecified atom stereocenters. The molecule has 0 aromatic heterocycles. The lowest BCUT2D eigenvalue weighted by Crippen LogP contribution is -2.38. The smallest absolute Gasteiger partial charge is 0.338 e. The lowest BCUT2D eigenvalue weighted by atomic mass is 10.1. The minimum absolute atomic E-state index is 0.230. The molecule has 32 heavy (non-hydrogen) atoms. The number of carbonyl (C=O) groups is 2. The highest BCUT2D eigenvalue weighted by Gasteiger charge is 2.13. The van der Waals surface area contributed by atoms with Gasteiger partial charge in [-0.25, -0.2) is 9.59 Å². The van der Waals surface area contributed by atoms with Crippen molar-refractivity contribution in [3.63, 3.8) is 0 Å². The number of nitrogens with zero attached hydrogens (tertiary/aromatic N) is 2. The third-order valence-electron chi connectivity index (χ3n) is 4.72. The molecule has 2 rings (SSSR count). The summed E-state index contributed by atoms with van der Waals surface area (Å²) < 4.78 is 12.0. The molecule has 0 amide bonds. The van der Waals surface area contributed by atoms with Gasteiger partial charge in [0, 0.05) is 0 Å². The van der Waals surface area contributed by atoms with E-state index in [0.29, 0.717) is 24.3 Å². The molecule has 0 aliphatic carbocycles. The van der Waals surface area contributed by atoms with E-state index in [1.54, 1.807) is 12.1 Å². The van der Waals surface area contributed by atoms with Crippen LogP contribution in [-0.4, -0.2) is 89.5 Å². The first-order valence-electron chi connectivity index (χ1n) is 10.9. The fraction of sp³-hybridized carbons (Fsp3) is 0.462. The molecular formula is C26H40N2O4+2. The molecule has 0 heterocycles. The van der Waals surface area contributed by atoms with Gasteiger partial charge in [0.15, 0.2) is 0 Å². The van der Waals surface area contributed by atoms with Crippen LogP contribution in [0.3, 0.4) is 0 Å². The average Bonchev–Trinajstić information content (AvgIpc) is 2.67. The Morgan fingerprint density at radius 2 is 0.938 bits per heavy atom. The van der Waals surface area contributed by atoms with Gasteiger partial charge in [-0.05, 0) is 37.1 Å². The second kappa shape index (κ2) is 12.4. The van der Waals surface area contributed by atoms with Gasteiger partial charge in [0.2, 0.25) is 0 Å². The molecule has 176 valence electrons. The van der Waals surface area contributed by atoms with Crippen molar-refractivity contribution in [3.05, 3.63) is 70.8 Å². The SMILES string of the molecule is Cc1ccccc1C(=O)OCC[N+](C)(C)C.Cc1ccccc1C(=O)OCC[N+](C)(C)C. The van der Waals surface area contributed by atoms with Crippen LogP contribution in [0.1, 0.15) is 31.8 Å². The van der Waals surface area contributed by atoms with Crippen LogP contribution in [0.25, 0.3) is 0 Å². The molecule has 0 atom stereocenters. The molecule has 0 N–H and O–H groups in total. The molecule has 0 saturated carbocycles. The minimum atomic E-state index is -0.230. The predicted octanol–water partition coefficient (Wildman–Crippen LogP) is 3.72. The maximum absolute atomic E-state index is 11.7. The summed E-state index contributed by atoms with van der Waals surface area (Å²) in [5, 5.41) is 0. The van der Waals surface area contributed by atoms with Crippen LogP contribution >= 0.6 is 0 Å². The van der Waals surface area contributed by atoms with Crippen molar-refractivity contribution in [2.75, 3.05) is 68.6 Å². The van der Waals surface area contributed by atoms with Crippen LogP contribution in [-0.2, 0) is 9.47 Å². The van der Waals surface area contributed by atoms with Crippen molar-refractivity contribution in [1.29, 1.82) is 0 Å². The standard InChI is InChI=1S/2C13H20NO2/c2*1-11-7-5-6-8-12(11)13(15)16-10-9-14(2,3)4/h2*5-8H,9-10H2,1-4H3/q2*+1. The Morgan fingerprint density at radius 3 is 1.22 bits per heavy atom. The lowest BCUT2D eigenvalue weighted by Gasteiger charge is -2.23. The summed E-state index contributed by atoms with van der Waals surface area (Å²) in [4.78, 5) is 23.4. The number of hydrogen-bond acceptors (Lipinski definition) is 4. The van der Waals surface area contributed by atoms with Gasteiger partial charge in [0.05, 0.1) is 53.4 Å². The van der Waals surface area contributed by atoms with E-state index < -0.39 is 0 Å². The van der Waals surface area contributed by atoms with Crippen LogP contribution in [0.15, 0.2) is 48.5 Å². The van der Waals surface area contributed by atoms with Gasteiger partial charge in [0.1, 0.15) is 26.3 Å². The highest BCUT2D eigenvalue weighted by Crippen LogP contribution is 2.09. The first-order valence-corrected chi connectivity index (χ1v) is 10.9. The minimum Gasteiger partial charge on any atom is -0.456 e. The predicted molar refractivity (Wildman–Crippen MR) is 129 cm³/mol. The number of likely N-dealkylation sites (N-methyl/N-ethyl adjacent to an activating group) is 2. The van der Waals surface area contributed by atoms with Gasteiger partial charge in [-0.15, -0.1) is 0 Å². The van der Waals surface area contributed by atoms with Crippen molar-refractivity contribution >= 4 is 11.9 Å². The molecule has 2 aromatic rings. The van der Waals surface area contributed by atoms with Crippen molar-refractivity contribution in [2.24, 2.45) is 0 Å². The van der Waals surface area contributed by atoms with Crippen LogP contribution in [0.5, 0.6) is 0 Å². The number of quaternary nitrogens is 2. The first kappa shape index (κ1) is 27.3. The van der Waals surface area contributed by atoms with Crippen molar-refractivity contribution in [2.45, 2.75) is 13.8 Å². The maximum atomic E-state index is 11.7. The number of benzene rings is 2. The Hall–Kier alpha value is -2.70. The monoisotopic (exact) mass is 444 g/mol. The van der Waals surface area contributed by atoms with E-state index >= 15 is 0 Å². The zero-order valence-corrected chi connectivity index (χ0v) is 21.0. The summed E-state index contributed by atoms with van der Waals surface area (Å²) in [6, 6.07) is 14.9. The Kier molecular flexibility index (Phi) is 10.6. The first-order chi connectivity index (χ1) is 14.8. The largest absolute Gasteiger partial charge is 0.456 e. The highest BCUT2D eigenvalue weighted by atomic mass is 16.5. The molecule has 0 radical (unpaired) electrons. The number of ether oxygens (including phenoxy) is 2. The van der Waals surface area contributed by atoms with Crippen molar-refractivity contribution in [3.8, 4) is 0 Å². The van der Waals surface area contributed by atoms with Crippen molar-refractivity contribution < 1.29 is 28.0 Å². The summed E-state index contributed by atoms with van der Waals surface area (Å²) in [6.45, 7) is 6.37. The van der Waals surface area contributed by atoms with Gasteiger partial charge in [0.25, 0.3) is 0 Å². The zero-order chi connectivity index (χ0) is 24.4. The van der Waals surface area contributed by atoms with Crippen LogP contribution in [0, 0.1) is 13.8 Å². The van der Waals surface area contributed by atoms with E-state index in [2.05, 4.69) is 42.3 Å². The van der Waals surface area contributed by atoms with E-state index in [4.69, 9.17) is 9.47 Å². The maximum Gasteiger partial charge on any atom is 0.338 e. The Labute approximate surface area is 193 Å². The Morgan fingerprint density at radius 1 is 0.625 bits per heavy atom. The van der Waals surface area contributed by atoms with Gasteiger partial charge >= 0.3 is 11.9 Å².